The summed E-state index contributed by atoms with van der Waals surface area (Å²) in [7, 11) is 3.41. The summed E-state index contributed by atoms with van der Waals surface area (Å²) in [6.07, 6.45) is 0. The number of aryl methyl sites for hydroxylation is 1. The summed E-state index contributed by atoms with van der Waals surface area (Å²) in [5, 5.41) is 3.89. The molecule has 0 aliphatic carbocycles. The number of anilines is 3. The molecule has 0 fully saturated rings. The zero-order chi connectivity index (χ0) is 15.6. The van der Waals surface area contributed by atoms with Crippen LogP contribution in [0, 0.1) is 6.92 Å². The van der Waals surface area contributed by atoms with Crippen molar-refractivity contribution in [2.45, 2.75) is 6.92 Å². The van der Waals surface area contributed by atoms with E-state index in [2.05, 4.69) is 5.32 Å². The molecule has 0 saturated heterocycles. The lowest BCUT2D eigenvalue weighted by Gasteiger charge is -2.14. The largest absolute Gasteiger partial charge is 0.397 e. The van der Waals surface area contributed by atoms with Gasteiger partial charge >= 0.3 is 0 Å². The van der Waals surface area contributed by atoms with Crippen LogP contribution in [-0.4, -0.2) is 24.9 Å². The molecule has 0 unspecified atom stereocenters. The van der Waals surface area contributed by atoms with Crippen molar-refractivity contribution in [3.8, 4) is 0 Å². The standard InChI is InChI=1S/C16H18ClN3O/c1-10-4-6-12(9-13(10)17)19-15-7-5-11(8-14(15)18)16(21)20(2)3/h4-9,19H,18H2,1-3H3. The van der Waals surface area contributed by atoms with Crippen LogP contribution < -0.4 is 11.1 Å². The Morgan fingerprint density at radius 3 is 2.48 bits per heavy atom. The van der Waals surface area contributed by atoms with E-state index in [4.69, 9.17) is 17.3 Å². The first-order chi connectivity index (χ1) is 9.88. The molecule has 21 heavy (non-hydrogen) atoms. The topological polar surface area (TPSA) is 58.4 Å². The van der Waals surface area contributed by atoms with Gasteiger partial charge in [0.1, 0.15) is 0 Å². The first-order valence-corrected chi connectivity index (χ1v) is 6.90. The molecule has 110 valence electrons. The highest BCUT2D eigenvalue weighted by atomic mass is 35.5. The summed E-state index contributed by atoms with van der Waals surface area (Å²) in [6.45, 7) is 1.95. The number of carbonyl (C=O) groups is 1. The van der Waals surface area contributed by atoms with E-state index in [0.29, 0.717) is 16.3 Å². The second kappa shape index (κ2) is 6.06. The summed E-state index contributed by atoms with van der Waals surface area (Å²) in [5.74, 6) is -0.0772. The van der Waals surface area contributed by atoms with Crippen molar-refractivity contribution in [1.82, 2.24) is 4.90 Å². The number of rotatable bonds is 3. The van der Waals surface area contributed by atoms with Crippen LogP contribution in [0.4, 0.5) is 17.1 Å². The van der Waals surface area contributed by atoms with Crippen LogP contribution in [0.1, 0.15) is 15.9 Å². The third-order valence-corrected chi connectivity index (χ3v) is 3.56. The van der Waals surface area contributed by atoms with Crippen LogP contribution in [0.2, 0.25) is 5.02 Å². The van der Waals surface area contributed by atoms with Crippen molar-refractivity contribution in [3.05, 3.63) is 52.5 Å². The Morgan fingerprint density at radius 2 is 1.90 bits per heavy atom. The highest BCUT2D eigenvalue weighted by Gasteiger charge is 2.10. The van der Waals surface area contributed by atoms with Crippen molar-refractivity contribution in [1.29, 1.82) is 0 Å². The van der Waals surface area contributed by atoms with E-state index in [-0.39, 0.29) is 5.91 Å². The summed E-state index contributed by atoms with van der Waals surface area (Å²) < 4.78 is 0. The molecule has 0 aliphatic heterocycles. The van der Waals surface area contributed by atoms with Crippen LogP contribution in [0.15, 0.2) is 36.4 Å². The number of nitrogens with one attached hydrogen (secondary N) is 1. The summed E-state index contributed by atoms with van der Waals surface area (Å²) in [6, 6.07) is 10.9. The molecule has 0 radical (unpaired) electrons. The number of nitrogen functional groups attached to an aromatic ring is 1. The molecule has 0 saturated carbocycles. The van der Waals surface area contributed by atoms with Crippen LogP contribution in [0.25, 0.3) is 0 Å². The summed E-state index contributed by atoms with van der Waals surface area (Å²) in [4.78, 5) is 13.4. The smallest absolute Gasteiger partial charge is 0.253 e. The van der Waals surface area contributed by atoms with Gasteiger partial charge < -0.3 is 16.0 Å². The zero-order valence-electron chi connectivity index (χ0n) is 12.3. The molecule has 0 aromatic heterocycles. The van der Waals surface area contributed by atoms with Gasteiger partial charge in [0.15, 0.2) is 0 Å². The van der Waals surface area contributed by atoms with Crippen LogP contribution in [0.3, 0.4) is 0 Å². The van der Waals surface area contributed by atoms with Gasteiger partial charge in [0.2, 0.25) is 0 Å². The fourth-order valence-electron chi connectivity index (χ4n) is 1.89. The van der Waals surface area contributed by atoms with Crippen LogP contribution >= 0.6 is 11.6 Å². The van der Waals surface area contributed by atoms with Gasteiger partial charge in [0.05, 0.1) is 11.4 Å². The number of halogens is 1. The molecule has 0 spiro atoms. The molecule has 5 heteroatoms. The van der Waals surface area contributed by atoms with E-state index in [1.807, 2.05) is 25.1 Å². The Morgan fingerprint density at radius 1 is 1.19 bits per heavy atom. The quantitative estimate of drug-likeness (QED) is 0.850. The highest BCUT2D eigenvalue weighted by molar-refractivity contribution is 6.31. The Labute approximate surface area is 129 Å². The average molecular weight is 304 g/mol. The van der Waals surface area contributed by atoms with E-state index in [1.54, 1.807) is 32.3 Å². The van der Waals surface area contributed by atoms with E-state index < -0.39 is 0 Å². The maximum Gasteiger partial charge on any atom is 0.253 e. The molecular weight excluding hydrogens is 286 g/mol. The third-order valence-electron chi connectivity index (χ3n) is 3.16. The van der Waals surface area contributed by atoms with Gasteiger partial charge in [-0.2, -0.15) is 0 Å². The number of hydrogen-bond donors (Lipinski definition) is 2. The predicted molar refractivity (Wildman–Crippen MR) is 88.3 cm³/mol. The maximum atomic E-state index is 11.9. The highest BCUT2D eigenvalue weighted by Crippen LogP contribution is 2.27. The first-order valence-electron chi connectivity index (χ1n) is 6.53. The third kappa shape index (κ3) is 3.47. The van der Waals surface area contributed by atoms with Crippen molar-refractivity contribution in [3.63, 3.8) is 0 Å². The second-order valence-electron chi connectivity index (χ2n) is 5.09. The summed E-state index contributed by atoms with van der Waals surface area (Å²) >= 11 is 6.10. The van der Waals surface area contributed by atoms with Crippen molar-refractivity contribution >= 4 is 34.6 Å². The number of carbonyl (C=O) groups excluding carboxylic acids is 1. The summed E-state index contributed by atoms with van der Waals surface area (Å²) in [5.41, 5.74) is 9.69. The minimum atomic E-state index is -0.0772. The molecule has 0 bridgehead atoms. The van der Waals surface area contributed by atoms with Crippen molar-refractivity contribution in [2.24, 2.45) is 0 Å². The van der Waals surface area contributed by atoms with Gasteiger partial charge in [-0.15, -0.1) is 0 Å². The van der Waals surface area contributed by atoms with Gasteiger partial charge in [0, 0.05) is 30.4 Å². The molecule has 0 heterocycles. The Kier molecular flexibility index (Phi) is 4.38. The molecule has 0 atom stereocenters. The van der Waals surface area contributed by atoms with Crippen LogP contribution in [-0.2, 0) is 0 Å². The fraction of sp³-hybridized carbons (Fsp3) is 0.188. The lowest BCUT2D eigenvalue weighted by Crippen LogP contribution is -2.21. The second-order valence-corrected chi connectivity index (χ2v) is 5.50. The van der Waals surface area contributed by atoms with Gasteiger partial charge in [-0.1, -0.05) is 17.7 Å². The number of amides is 1. The number of nitrogens with zero attached hydrogens (tertiary/aromatic N) is 1. The molecule has 2 rings (SSSR count). The monoisotopic (exact) mass is 303 g/mol. The van der Waals surface area contributed by atoms with Gasteiger partial charge in [-0.25, -0.2) is 0 Å². The van der Waals surface area contributed by atoms with E-state index in [0.717, 1.165) is 16.9 Å². The lowest BCUT2D eigenvalue weighted by molar-refractivity contribution is 0.0827. The molecule has 4 nitrogen and oxygen atoms in total. The average Bonchev–Trinajstić information content (AvgIpc) is 2.44. The predicted octanol–water partition coefficient (Wildman–Crippen LogP) is 3.68. The van der Waals surface area contributed by atoms with E-state index in [1.165, 1.54) is 4.90 Å². The van der Waals surface area contributed by atoms with Crippen molar-refractivity contribution in [2.75, 3.05) is 25.1 Å². The van der Waals surface area contributed by atoms with Crippen molar-refractivity contribution < 1.29 is 4.79 Å². The Hall–Kier alpha value is -2.20. The SMILES string of the molecule is Cc1ccc(Nc2ccc(C(=O)N(C)C)cc2N)cc1Cl. The van der Waals surface area contributed by atoms with Crippen LogP contribution in [0.5, 0.6) is 0 Å². The molecule has 1 amide bonds. The van der Waals surface area contributed by atoms with E-state index >= 15 is 0 Å². The van der Waals surface area contributed by atoms with Gasteiger partial charge in [0.25, 0.3) is 5.91 Å². The minimum Gasteiger partial charge on any atom is -0.397 e. The minimum absolute atomic E-state index is 0.0772. The molecule has 3 N–H and O–H groups in total. The van der Waals surface area contributed by atoms with Gasteiger partial charge in [-0.05, 0) is 42.8 Å². The van der Waals surface area contributed by atoms with E-state index in [9.17, 15) is 4.79 Å². The fourth-order valence-corrected chi connectivity index (χ4v) is 2.07. The zero-order valence-corrected chi connectivity index (χ0v) is 13.0. The number of nitrogens with two attached hydrogens (primary N) is 1. The Bertz CT molecular complexity index is 683. The lowest BCUT2D eigenvalue weighted by atomic mass is 10.1. The normalized spacial score (nSPS) is 10.3. The molecule has 2 aromatic carbocycles. The molecule has 0 aliphatic rings. The maximum absolute atomic E-state index is 11.9. The first kappa shape index (κ1) is 15.2. The molecular formula is C16H18ClN3O. The number of hydrogen-bond acceptors (Lipinski definition) is 3. The molecule has 2 aromatic rings. The van der Waals surface area contributed by atoms with Gasteiger partial charge in [-0.3, -0.25) is 4.79 Å². The Balaban J connectivity index is 2.25. The number of benzene rings is 2.